The van der Waals surface area contributed by atoms with Crippen molar-refractivity contribution >= 4 is 11.9 Å². The Hall–Kier alpha value is -2.62. The van der Waals surface area contributed by atoms with Crippen LogP contribution in [-0.4, -0.2) is 27.8 Å². The second-order valence-electron chi connectivity index (χ2n) is 5.81. The summed E-state index contributed by atoms with van der Waals surface area (Å²) in [5.74, 6) is -0.0802. The molecule has 1 fully saturated rings. The minimum Gasteiger partial charge on any atom is -0.308 e. The largest absolute Gasteiger partial charge is 0.328 e. The molecule has 22 heavy (non-hydrogen) atoms. The van der Waals surface area contributed by atoms with Gasteiger partial charge in [0.25, 0.3) is 5.91 Å². The van der Waals surface area contributed by atoms with Gasteiger partial charge in [-0.3, -0.25) is 9.69 Å². The third kappa shape index (κ3) is 1.99. The van der Waals surface area contributed by atoms with Crippen molar-refractivity contribution in [2.45, 2.75) is 25.6 Å². The van der Waals surface area contributed by atoms with Crippen molar-refractivity contribution in [1.29, 1.82) is 0 Å². The Morgan fingerprint density at radius 3 is 2.36 bits per heavy atom. The van der Waals surface area contributed by atoms with Crippen LogP contribution in [0.1, 0.15) is 16.7 Å². The van der Waals surface area contributed by atoms with Crippen LogP contribution in [0.2, 0.25) is 0 Å². The van der Waals surface area contributed by atoms with E-state index in [1.165, 1.54) is 10.5 Å². The zero-order chi connectivity index (χ0) is 15.1. The first kappa shape index (κ1) is 13.1. The zero-order valence-corrected chi connectivity index (χ0v) is 12.1. The molecule has 1 atom stereocenters. The lowest BCUT2D eigenvalue weighted by molar-refractivity contribution is -0.128. The number of amides is 3. The molecule has 0 spiro atoms. The number of rotatable bonds is 2. The number of urea groups is 1. The van der Waals surface area contributed by atoms with Crippen molar-refractivity contribution in [1.82, 2.24) is 9.80 Å². The number of imide groups is 1. The van der Waals surface area contributed by atoms with Crippen LogP contribution >= 0.6 is 0 Å². The van der Waals surface area contributed by atoms with Crippen molar-refractivity contribution in [2.75, 3.05) is 0 Å². The lowest BCUT2D eigenvalue weighted by Crippen LogP contribution is -2.39. The van der Waals surface area contributed by atoms with Gasteiger partial charge in [-0.25, -0.2) is 4.79 Å². The van der Waals surface area contributed by atoms with Crippen LogP contribution < -0.4 is 0 Å². The Labute approximate surface area is 129 Å². The summed E-state index contributed by atoms with van der Waals surface area (Å²) in [6.45, 7) is 0.874. The molecule has 2 heterocycles. The molecule has 2 aromatic rings. The average molecular weight is 292 g/mol. The highest BCUT2D eigenvalue weighted by Gasteiger charge is 2.46. The number of carbonyl (C=O) groups excluding carboxylic acids is 2. The van der Waals surface area contributed by atoms with E-state index in [9.17, 15) is 9.59 Å². The Kier molecular flexibility index (Phi) is 2.96. The van der Waals surface area contributed by atoms with Gasteiger partial charge < -0.3 is 4.90 Å². The zero-order valence-electron chi connectivity index (χ0n) is 12.1. The molecule has 0 saturated carbocycles. The lowest BCUT2D eigenvalue weighted by Gasteiger charge is -2.28. The molecule has 0 bridgehead atoms. The summed E-state index contributed by atoms with van der Waals surface area (Å²) < 4.78 is 0. The van der Waals surface area contributed by atoms with Crippen molar-refractivity contribution in [3.05, 3.63) is 71.3 Å². The summed E-state index contributed by atoms with van der Waals surface area (Å²) in [6.07, 6.45) is 0.617. The van der Waals surface area contributed by atoms with E-state index in [1.807, 2.05) is 54.6 Å². The maximum atomic E-state index is 12.6. The number of nitrogens with zero attached hydrogens (tertiary/aromatic N) is 2. The highest BCUT2D eigenvalue weighted by Crippen LogP contribution is 2.30. The van der Waals surface area contributed by atoms with Gasteiger partial charge in [0.15, 0.2) is 0 Å². The van der Waals surface area contributed by atoms with Gasteiger partial charge in [0.2, 0.25) is 0 Å². The van der Waals surface area contributed by atoms with E-state index >= 15 is 0 Å². The van der Waals surface area contributed by atoms with Crippen LogP contribution in [0.25, 0.3) is 0 Å². The predicted molar refractivity (Wildman–Crippen MR) is 81.9 cm³/mol. The minimum absolute atomic E-state index is 0.0802. The molecule has 0 radical (unpaired) electrons. The van der Waals surface area contributed by atoms with E-state index < -0.39 is 0 Å². The molecule has 0 aliphatic carbocycles. The summed E-state index contributed by atoms with van der Waals surface area (Å²) in [4.78, 5) is 28.3. The number of carbonyl (C=O) groups is 2. The van der Waals surface area contributed by atoms with Gasteiger partial charge in [-0.1, -0.05) is 54.6 Å². The fourth-order valence-corrected chi connectivity index (χ4v) is 3.29. The Morgan fingerprint density at radius 2 is 1.59 bits per heavy atom. The first-order valence-electron chi connectivity index (χ1n) is 7.47. The summed E-state index contributed by atoms with van der Waals surface area (Å²) in [6, 6.07) is 17.2. The Bertz CT molecular complexity index is 699. The molecule has 0 aromatic heterocycles. The molecule has 4 heteroatoms. The molecule has 4 nitrogen and oxygen atoms in total. The monoisotopic (exact) mass is 292 g/mol. The summed E-state index contributed by atoms with van der Waals surface area (Å²) >= 11 is 0. The summed E-state index contributed by atoms with van der Waals surface area (Å²) in [7, 11) is 0. The van der Waals surface area contributed by atoms with Crippen LogP contribution in [0.5, 0.6) is 0 Å². The van der Waals surface area contributed by atoms with Gasteiger partial charge in [-0.15, -0.1) is 0 Å². The first-order valence-corrected chi connectivity index (χ1v) is 7.47. The minimum atomic E-state index is -0.342. The highest BCUT2D eigenvalue weighted by atomic mass is 16.2. The van der Waals surface area contributed by atoms with E-state index in [2.05, 4.69) is 0 Å². The van der Waals surface area contributed by atoms with E-state index in [4.69, 9.17) is 0 Å². The fraction of sp³-hybridized carbons (Fsp3) is 0.222. The number of hydrogen-bond acceptors (Lipinski definition) is 2. The van der Waals surface area contributed by atoms with Gasteiger partial charge in [-0.05, 0) is 16.7 Å². The molecule has 3 amide bonds. The van der Waals surface area contributed by atoms with Crippen molar-refractivity contribution < 1.29 is 9.59 Å². The van der Waals surface area contributed by atoms with Crippen LogP contribution in [-0.2, 0) is 24.3 Å². The first-order chi connectivity index (χ1) is 10.7. The van der Waals surface area contributed by atoms with Gasteiger partial charge in [0.1, 0.15) is 6.04 Å². The van der Waals surface area contributed by atoms with Gasteiger partial charge >= 0.3 is 6.03 Å². The third-order valence-electron chi connectivity index (χ3n) is 4.46. The van der Waals surface area contributed by atoms with Crippen LogP contribution in [0.4, 0.5) is 4.79 Å². The lowest BCUT2D eigenvalue weighted by atomic mass is 9.95. The molecule has 4 rings (SSSR count). The highest BCUT2D eigenvalue weighted by molar-refractivity contribution is 6.04. The number of fused-ring (bicyclic) bond motifs is 2. The molecular weight excluding hydrogens is 276 g/mol. The molecule has 0 unspecified atom stereocenters. The second kappa shape index (κ2) is 4.98. The van der Waals surface area contributed by atoms with Gasteiger partial charge in [0, 0.05) is 13.0 Å². The van der Waals surface area contributed by atoms with E-state index in [0.717, 1.165) is 11.1 Å². The SMILES string of the molecule is O=C1[C@H]2Cc3ccccc3CN2C(=O)N1Cc1ccccc1. The normalized spacial score (nSPS) is 20.1. The van der Waals surface area contributed by atoms with E-state index in [1.54, 1.807) is 4.90 Å². The molecule has 2 aliphatic rings. The van der Waals surface area contributed by atoms with Crippen LogP contribution in [0.3, 0.4) is 0 Å². The smallest absolute Gasteiger partial charge is 0.308 e. The third-order valence-corrected chi connectivity index (χ3v) is 4.46. The summed E-state index contributed by atoms with van der Waals surface area (Å²) in [5, 5.41) is 0. The van der Waals surface area contributed by atoms with Crippen molar-refractivity contribution in [3.63, 3.8) is 0 Å². The number of benzene rings is 2. The fourth-order valence-electron chi connectivity index (χ4n) is 3.29. The van der Waals surface area contributed by atoms with Gasteiger partial charge in [-0.2, -0.15) is 0 Å². The predicted octanol–water partition coefficient (Wildman–Crippen LogP) is 2.58. The molecule has 1 saturated heterocycles. The van der Waals surface area contributed by atoms with Crippen molar-refractivity contribution in [2.24, 2.45) is 0 Å². The average Bonchev–Trinajstić information content (AvgIpc) is 2.79. The van der Waals surface area contributed by atoms with Crippen LogP contribution in [0.15, 0.2) is 54.6 Å². The van der Waals surface area contributed by atoms with Gasteiger partial charge in [0.05, 0.1) is 6.54 Å². The molecule has 0 N–H and O–H groups in total. The molecule has 2 aliphatic heterocycles. The molecular formula is C18H16N2O2. The Morgan fingerprint density at radius 1 is 0.909 bits per heavy atom. The van der Waals surface area contributed by atoms with Crippen LogP contribution in [0, 0.1) is 0 Å². The quantitative estimate of drug-likeness (QED) is 0.798. The van der Waals surface area contributed by atoms with E-state index in [-0.39, 0.29) is 18.0 Å². The topological polar surface area (TPSA) is 40.6 Å². The summed E-state index contributed by atoms with van der Waals surface area (Å²) in [5.41, 5.74) is 3.29. The molecule has 110 valence electrons. The number of hydrogen-bond donors (Lipinski definition) is 0. The maximum absolute atomic E-state index is 12.6. The Balaban J connectivity index is 1.62. The maximum Gasteiger partial charge on any atom is 0.328 e. The van der Waals surface area contributed by atoms with Crippen molar-refractivity contribution in [3.8, 4) is 0 Å². The molecule has 2 aromatic carbocycles. The second-order valence-corrected chi connectivity index (χ2v) is 5.81. The van der Waals surface area contributed by atoms with E-state index in [0.29, 0.717) is 19.5 Å². The standard InChI is InChI=1S/C18H16N2O2/c21-17-16-10-14-8-4-5-9-15(14)12-19(16)18(22)20(17)11-13-6-2-1-3-7-13/h1-9,16H,10-12H2/t16-/m1/s1.